The van der Waals surface area contributed by atoms with E-state index in [1.807, 2.05) is 6.07 Å². The number of benzene rings is 1. The van der Waals surface area contributed by atoms with Gasteiger partial charge in [-0.05, 0) is 26.3 Å². The highest BCUT2D eigenvalue weighted by molar-refractivity contribution is 5.86. The van der Waals surface area contributed by atoms with Crippen molar-refractivity contribution in [3.8, 4) is 11.8 Å². The van der Waals surface area contributed by atoms with Gasteiger partial charge in [0, 0.05) is 37.6 Å². The minimum atomic E-state index is -1.72. The minimum absolute atomic E-state index is 0.0103. The molecule has 1 aromatic heterocycles. The van der Waals surface area contributed by atoms with E-state index in [0.717, 1.165) is 10.1 Å². The number of carbonyl (C=O) groups excluding carboxylic acids is 2. The number of ether oxygens (including phenoxy) is 1. The molecule has 0 unspecified atom stereocenters. The van der Waals surface area contributed by atoms with Gasteiger partial charge in [0.25, 0.3) is 0 Å². The van der Waals surface area contributed by atoms with E-state index in [0.29, 0.717) is 0 Å². The summed E-state index contributed by atoms with van der Waals surface area (Å²) in [6, 6.07) is 11.5. The number of aromatic nitrogens is 1. The number of aliphatic hydroxyl groups excluding tert-OH is 1. The molecule has 2 rings (SSSR count). The highest BCUT2D eigenvalue weighted by Gasteiger charge is 2.56. The van der Waals surface area contributed by atoms with Crippen LogP contribution in [0.5, 0.6) is 11.8 Å². The summed E-state index contributed by atoms with van der Waals surface area (Å²) >= 11 is 0. The maximum atomic E-state index is 13.5. The fraction of sp³-hybridized carbons (Fsp3) is 0.478. The summed E-state index contributed by atoms with van der Waals surface area (Å²) in [5.74, 6) is -1.29. The molecule has 0 aliphatic rings. The number of alkyl carbamates (subject to hydrolysis) is 1. The number of likely N-dealkylation sites (N-methyl/N-ethyl adjacent to an activating group) is 1. The Balaban J connectivity index is 2.65. The molecule has 1 heterocycles. The summed E-state index contributed by atoms with van der Waals surface area (Å²) in [4.78, 5) is 25.9. The van der Waals surface area contributed by atoms with Crippen LogP contribution in [-0.4, -0.2) is 57.7 Å². The number of carbonyl (C=O) groups is 2. The van der Waals surface area contributed by atoms with Crippen LogP contribution >= 0.6 is 0 Å². The summed E-state index contributed by atoms with van der Waals surface area (Å²) in [6.45, 7) is 6.02. The molecule has 32 heavy (non-hydrogen) atoms. The number of nitrogens with one attached hydrogen (secondary N) is 2. The van der Waals surface area contributed by atoms with Gasteiger partial charge in [0.15, 0.2) is 11.8 Å². The SMILES string of the molecule is CNC(=O)[C@](Cc1ccccc1)(n1c(O)ccc1O)[C@](C)(CO)CNC(=O)OC(C)(C)C. The summed E-state index contributed by atoms with van der Waals surface area (Å²) in [5, 5.41) is 37.0. The van der Waals surface area contributed by atoms with Gasteiger partial charge in [0.05, 0.1) is 6.61 Å². The van der Waals surface area contributed by atoms with Crippen molar-refractivity contribution in [3.63, 3.8) is 0 Å². The van der Waals surface area contributed by atoms with E-state index in [4.69, 9.17) is 4.74 Å². The Kier molecular flexibility index (Phi) is 7.46. The first-order chi connectivity index (χ1) is 14.9. The van der Waals surface area contributed by atoms with Crippen LogP contribution in [0.15, 0.2) is 42.5 Å². The van der Waals surface area contributed by atoms with Crippen LogP contribution in [0, 0.1) is 5.41 Å². The minimum Gasteiger partial charge on any atom is -0.494 e. The topological polar surface area (TPSA) is 133 Å². The molecule has 0 radical (unpaired) electrons. The number of amides is 2. The van der Waals surface area contributed by atoms with E-state index >= 15 is 0 Å². The summed E-state index contributed by atoms with van der Waals surface area (Å²) in [7, 11) is 1.43. The predicted molar refractivity (Wildman–Crippen MR) is 119 cm³/mol. The van der Waals surface area contributed by atoms with Gasteiger partial charge < -0.3 is 30.7 Å². The first kappa shape index (κ1) is 25.1. The molecule has 2 atom stereocenters. The van der Waals surface area contributed by atoms with Gasteiger partial charge in [-0.1, -0.05) is 37.3 Å². The highest BCUT2D eigenvalue weighted by Crippen LogP contribution is 2.46. The molecule has 2 aromatic rings. The van der Waals surface area contributed by atoms with Gasteiger partial charge >= 0.3 is 6.09 Å². The lowest BCUT2D eigenvalue weighted by Gasteiger charge is -2.47. The lowest BCUT2D eigenvalue weighted by Crippen LogP contribution is -2.63. The molecule has 2 amide bonds. The van der Waals surface area contributed by atoms with Gasteiger partial charge in [-0.3, -0.25) is 9.36 Å². The zero-order chi connectivity index (χ0) is 24.2. The van der Waals surface area contributed by atoms with E-state index in [1.165, 1.54) is 19.2 Å². The Morgan fingerprint density at radius 1 is 1.00 bits per heavy atom. The predicted octanol–water partition coefficient (Wildman–Crippen LogP) is 2.11. The maximum absolute atomic E-state index is 13.5. The summed E-state index contributed by atoms with van der Waals surface area (Å²) < 4.78 is 6.38. The summed E-state index contributed by atoms with van der Waals surface area (Å²) in [6.07, 6.45) is -0.709. The third-order valence-electron chi connectivity index (χ3n) is 5.50. The first-order valence-corrected chi connectivity index (χ1v) is 10.3. The molecular formula is C23H33N3O6. The Morgan fingerprint density at radius 2 is 1.56 bits per heavy atom. The maximum Gasteiger partial charge on any atom is 0.407 e. The van der Waals surface area contributed by atoms with Crippen LogP contribution in [0.3, 0.4) is 0 Å². The van der Waals surface area contributed by atoms with Crippen LogP contribution in [0.2, 0.25) is 0 Å². The molecule has 0 aliphatic heterocycles. The van der Waals surface area contributed by atoms with Gasteiger partial charge in [-0.25, -0.2) is 4.79 Å². The highest BCUT2D eigenvalue weighted by atomic mass is 16.6. The fourth-order valence-electron chi connectivity index (χ4n) is 3.84. The van der Waals surface area contributed by atoms with Crippen molar-refractivity contribution in [2.75, 3.05) is 20.2 Å². The van der Waals surface area contributed by atoms with Crippen molar-refractivity contribution in [2.24, 2.45) is 5.41 Å². The largest absolute Gasteiger partial charge is 0.494 e. The quantitative estimate of drug-likeness (QED) is 0.421. The number of aliphatic hydroxyl groups is 1. The van der Waals surface area contributed by atoms with Crippen LogP contribution in [0.1, 0.15) is 33.3 Å². The smallest absolute Gasteiger partial charge is 0.407 e. The molecule has 0 aliphatic carbocycles. The van der Waals surface area contributed by atoms with Gasteiger partial charge in [-0.15, -0.1) is 0 Å². The lowest BCUT2D eigenvalue weighted by atomic mass is 9.66. The van der Waals surface area contributed by atoms with E-state index in [-0.39, 0.29) is 24.7 Å². The second kappa shape index (κ2) is 9.52. The van der Waals surface area contributed by atoms with Gasteiger partial charge in [0.2, 0.25) is 5.91 Å². The van der Waals surface area contributed by atoms with E-state index in [9.17, 15) is 24.9 Å². The first-order valence-electron chi connectivity index (χ1n) is 10.3. The van der Waals surface area contributed by atoms with Crippen LogP contribution < -0.4 is 10.6 Å². The number of hydrogen-bond donors (Lipinski definition) is 5. The molecule has 0 saturated carbocycles. The molecule has 5 N–H and O–H groups in total. The standard InChI is InChI=1S/C23H33N3O6/c1-21(2,3)32-20(31)25-14-22(4,15-27)23(19(30)24-5,13-16-9-7-6-8-10-16)26-17(28)11-12-18(26)29/h6-12,27-29H,13-15H2,1-5H3,(H,24,30)(H,25,31)/t22-,23-/m0/s1. The Labute approximate surface area is 188 Å². The van der Waals surface area contributed by atoms with E-state index in [1.54, 1.807) is 52.0 Å². The molecule has 0 bridgehead atoms. The number of nitrogens with zero attached hydrogens (tertiary/aromatic N) is 1. The Bertz CT molecular complexity index is 917. The van der Waals surface area contributed by atoms with Gasteiger partial charge in [0.1, 0.15) is 11.1 Å². The summed E-state index contributed by atoms with van der Waals surface area (Å²) in [5.41, 5.74) is -3.11. The normalized spacial score (nSPS) is 15.3. The molecule has 9 heteroatoms. The van der Waals surface area contributed by atoms with Crippen LogP contribution in [-0.2, 0) is 21.5 Å². The van der Waals surface area contributed by atoms with Crippen molar-refractivity contribution in [3.05, 3.63) is 48.0 Å². The average molecular weight is 448 g/mol. The van der Waals surface area contributed by atoms with E-state index in [2.05, 4.69) is 10.6 Å². The van der Waals surface area contributed by atoms with Crippen molar-refractivity contribution < 1.29 is 29.6 Å². The third-order valence-corrected chi connectivity index (χ3v) is 5.50. The Morgan fingerprint density at radius 3 is 2.03 bits per heavy atom. The molecule has 0 fully saturated rings. The lowest BCUT2D eigenvalue weighted by molar-refractivity contribution is -0.140. The van der Waals surface area contributed by atoms with Crippen molar-refractivity contribution >= 4 is 12.0 Å². The zero-order valence-electron chi connectivity index (χ0n) is 19.2. The zero-order valence-corrected chi connectivity index (χ0v) is 19.2. The molecule has 0 spiro atoms. The van der Waals surface area contributed by atoms with Gasteiger partial charge in [-0.2, -0.15) is 0 Å². The van der Waals surface area contributed by atoms with Crippen molar-refractivity contribution in [1.29, 1.82) is 0 Å². The second-order valence-corrected chi connectivity index (χ2v) is 9.06. The molecule has 1 aromatic carbocycles. The molecule has 176 valence electrons. The van der Waals surface area contributed by atoms with E-state index < -0.39 is 35.2 Å². The van der Waals surface area contributed by atoms with Crippen molar-refractivity contribution in [2.45, 2.75) is 45.3 Å². The molecular weight excluding hydrogens is 414 g/mol. The fourth-order valence-corrected chi connectivity index (χ4v) is 3.84. The third kappa shape index (κ3) is 4.99. The monoisotopic (exact) mass is 447 g/mol. The number of aromatic hydroxyl groups is 2. The van der Waals surface area contributed by atoms with Crippen molar-refractivity contribution in [1.82, 2.24) is 15.2 Å². The second-order valence-electron chi connectivity index (χ2n) is 9.06. The number of hydrogen-bond acceptors (Lipinski definition) is 6. The molecule has 0 saturated heterocycles. The van der Waals surface area contributed by atoms with Crippen LogP contribution in [0.25, 0.3) is 0 Å². The average Bonchev–Trinajstić information content (AvgIpc) is 3.07. The van der Waals surface area contributed by atoms with Crippen LogP contribution in [0.4, 0.5) is 4.79 Å². The molecule has 9 nitrogen and oxygen atoms in total. The Hall–Kier alpha value is -3.20. The number of rotatable bonds is 8.